The van der Waals surface area contributed by atoms with Crippen LogP contribution in [0.2, 0.25) is 5.02 Å². The van der Waals surface area contributed by atoms with E-state index in [1.807, 2.05) is 13.8 Å². The summed E-state index contributed by atoms with van der Waals surface area (Å²) in [6.07, 6.45) is 1.37. The Bertz CT molecular complexity index is 583. The fourth-order valence-electron chi connectivity index (χ4n) is 2.13. The van der Waals surface area contributed by atoms with Gasteiger partial charge < -0.3 is 15.4 Å². The van der Waals surface area contributed by atoms with Crippen LogP contribution < -0.4 is 10.5 Å². The number of aromatic nitrogens is 1. The van der Waals surface area contributed by atoms with Crippen molar-refractivity contribution in [3.8, 4) is 5.88 Å². The van der Waals surface area contributed by atoms with Crippen molar-refractivity contribution in [2.75, 3.05) is 13.1 Å². The molecule has 1 fully saturated rings. The lowest BCUT2D eigenvalue weighted by Crippen LogP contribution is -2.62. The average molecular weight is 312 g/mol. The van der Waals surface area contributed by atoms with Crippen molar-refractivity contribution < 1.29 is 14.3 Å². The fourth-order valence-corrected chi connectivity index (χ4v) is 2.34. The lowest BCUT2D eigenvalue weighted by atomic mass is 9.81. The number of likely N-dealkylation sites (tertiary alicyclic amines) is 1. The van der Waals surface area contributed by atoms with Gasteiger partial charge >= 0.3 is 0 Å². The van der Waals surface area contributed by atoms with Crippen LogP contribution in [0.15, 0.2) is 12.3 Å². The van der Waals surface area contributed by atoms with Gasteiger partial charge in [0.15, 0.2) is 0 Å². The van der Waals surface area contributed by atoms with Crippen LogP contribution in [0, 0.1) is 5.41 Å². The van der Waals surface area contributed by atoms with E-state index in [9.17, 15) is 9.59 Å². The highest BCUT2D eigenvalue weighted by molar-refractivity contribution is 6.32. The van der Waals surface area contributed by atoms with Crippen LogP contribution in [0.1, 0.15) is 31.1 Å². The lowest BCUT2D eigenvalue weighted by Gasteiger charge is -2.45. The molecule has 0 bridgehead atoms. The number of halogens is 1. The van der Waals surface area contributed by atoms with E-state index in [4.69, 9.17) is 22.1 Å². The first-order valence-corrected chi connectivity index (χ1v) is 7.02. The molecule has 1 aliphatic rings. The molecule has 0 unspecified atom stereocenters. The van der Waals surface area contributed by atoms with Gasteiger partial charge in [0.05, 0.1) is 17.1 Å². The van der Waals surface area contributed by atoms with Crippen molar-refractivity contribution in [3.05, 3.63) is 22.8 Å². The van der Waals surface area contributed by atoms with Crippen LogP contribution >= 0.6 is 11.6 Å². The smallest absolute Gasteiger partial charge is 0.255 e. The third-order valence-electron chi connectivity index (χ3n) is 3.36. The Kier molecular flexibility index (Phi) is 4.09. The van der Waals surface area contributed by atoms with E-state index in [1.54, 1.807) is 11.8 Å². The minimum atomic E-state index is -0.645. The largest absolute Gasteiger partial charge is 0.474 e. The Balaban J connectivity index is 2.08. The van der Waals surface area contributed by atoms with Gasteiger partial charge in [-0.2, -0.15) is 0 Å². The van der Waals surface area contributed by atoms with Gasteiger partial charge in [0, 0.05) is 19.3 Å². The molecular weight excluding hydrogens is 294 g/mol. The number of rotatable bonds is 4. The van der Waals surface area contributed by atoms with Gasteiger partial charge in [-0.3, -0.25) is 9.59 Å². The zero-order chi connectivity index (χ0) is 15.8. The second-order valence-corrected chi connectivity index (χ2v) is 6.17. The van der Waals surface area contributed by atoms with Crippen molar-refractivity contribution in [1.82, 2.24) is 9.88 Å². The molecule has 1 aromatic heterocycles. The summed E-state index contributed by atoms with van der Waals surface area (Å²) in [6, 6.07) is 1.52. The minimum Gasteiger partial charge on any atom is -0.474 e. The van der Waals surface area contributed by atoms with E-state index in [-0.39, 0.29) is 17.0 Å². The number of hydrogen-bond donors (Lipinski definition) is 1. The Hall–Kier alpha value is -1.82. The number of hydrogen-bond acceptors (Lipinski definition) is 4. The molecule has 0 atom stereocenters. The highest BCUT2D eigenvalue weighted by Gasteiger charge is 2.46. The molecule has 1 aromatic rings. The normalized spacial score (nSPS) is 16.5. The number of ether oxygens (including phenoxy) is 1. The summed E-state index contributed by atoms with van der Waals surface area (Å²) in [5.74, 6) is -0.323. The minimum absolute atomic E-state index is 0.0526. The van der Waals surface area contributed by atoms with Gasteiger partial charge in [0.25, 0.3) is 5.91 Å². The monoisotopic (exact) mass is 311 g/mol. The second kappa shape index (κ2) is 5.52. The highest BCUT2D eigenvalue weighted by atomic mass is 35.5. The molecular formula is C14H18ClN3O3. The molecule has 2 heterocycles. The van der Waals surface area contributed by atoms with Crippen LogP contribution in [0.5, 0.6) is 5.88 Å². The zero-order valence-electron chi connectivity index (χ0n) is 12.2. The summed E-state index contributed by atoms with van der Waals surface area (Å²) in [6.45, 7) is 6.08. The quantitative estimate of drug-likeness (QED) is 0.912. The number of nitrogens with zero attached hydrogens (tertiary/aromatic N) is 2. The molecule has 7 heteroatoms. The van der Waals surface area contributed by atoms with Crippen LogP contribution in [0.3, 0.4) is 0 Å². The molecule has 0 saturated carbocycles. The third-order valence-corrected chi connectivity index (χ3v) is 3.63. The molecule has 1 saturated heterocycles. The van der Waals surface area contributed by atoms with E-state index in [0.717, 1.165) is 0 Å². The van der Waals surface area contributed by atoms with Crippen molar-refractivity contribution in [1.29, 1.82) is 0 Å². The summed E-state index contributed by atoms with van der Waals surface area (Å²) in [4.78, 5) is 29.1. The van der Waals surface area contributed by atoms with Gasteiger partial charge in [0.2, 0.25) is 11.8 Å². The maximum Gasteiger partial charge on any atom is 0.255 e. The van der Waals surface area contributed by atoms with Gasteiger partial charge in [-0.05, 0) is 26.8 Å². The molecule has 21 heavy (non-hydrogen) atoms. The van der Waals surface area contributed by atoms with Crippen molar-refractivity contribution in [3.63, 3.8) is 0 Å². The standard InChI is InChI=1S/C14H18ClN3O3/c1-8(2)21-11-10(15)4-9(5-17-11)12(19)18-6-14(3,7-18)13(16)20/h4-5,8H,6-7H2,1-3H3,(H2,16,20). The summed E-state index contributed by atoms with van der Waals surface area (Å²) in [5.41, 5.74) is 5.01. The summed E-state index contributed by atoms with van der Waals surface area (Å²) < 4.78 is 5.42. The van der Waals surface area contributed by atoms with Crippen LogP contribution in [0.25, 0.3) is 0 Å². The van der Waals surface area contributed by atoms with E-state index < -0.39 is 11.3 Å². The lowest BCUT2D eigenvalue weighted by molar-refractivity contribution is -0.134. The number of carbonyl (C=O) groups is 2. The Morgan fingerprint density at radius 1 is 1.48 bits per heavy atom. The van der Waals surface area contributed by atoms with E-state index >= 15 is 0 Å². The molecule has 2 amide bonds. The van der Waals surface area contributed by atoms with Crippen molar-refractivity contribution >= 4 is 23.4 Å². The average Bonchev–Trinajstić information content (AvgIpc) is 2.35. The van der Waals surface area contributed by atoms with Crippen LogP contribution in [-0.4, -0.2) is 40.9 Å². The van der Waals surface area contributed by atoms with E-state index in [1.165, 1.54) is 12.3 Å². The fraction of sp³-hybridized carbons (Fsp3) is 0.500. The van der Waals surface area contributed by atoms with E-state index in [0.29, 0.717) is 24.5 Å². The van der Waals surface area contributed by atoms with E-state index in [2.05, 4.69) is 4.98 Å². The number of carbonyl (C=O) groups excluding carboxylic acids is 2. The molecule has 2 rings (SSSR count). The summed E-state index contributed by atoms with van der Waals surface area (Å²) in [7, 11) is 0. The predicted molar refractivity (Wildman–Crippen MR) is 78.2 cm³/mol. The maximum absolute atomic E-state index is 12.3. The topological polar surface area (TPSA) is 85.5 Å². The Labute approximate surface area is 128 Å². The molecule has 0 aromatic carbocycles. The molecule has 0 radical (unpaired) electrons. The van der Waals surface area contributed by atoms with Gasteiger partial charge in [-0.1, -0.05) is 11.6 Å². The SMILES string of the molecule is CC(C)Oc1ncc(C(=O)N2CC(C)(C(N)=O)C2)cc1Cl. The van der Waals surface area contributed by atoms with Gasteiger partial charge in [0.1, 0.15) is 5.02 Å². The molecule has 1 aliphatic heterocycles. The van der Waals surface area contributed by atoms with Crippen LogP contribution in [0.4, 0.5) is 0 Å². The molecule has 0 spiro atoms. The maximum atomic E-state index is 12.3. The van der Waals surface area contributed by atoms with Crippen molar-refractivity contribution in [2.24, 2.45) is 11.1 Å². The first-order chi connectivity index (χ1) is 9.73. The molecule has 114 valence electrons. The summed E-state index contributed by atoms with van der Waals surface area (Å²) in [5, 5.41) is 0.285. The first-order valence-electron chi connectivity index (χ1n) is 6.64. The first kappa shape index (κ1) is 15.6. The predicted octanol–water partition coefficient (Wildman–Crippen LogP) is 1.47. The number of nitrogens with two attached hydrogens (primary N) is 1. The van der Waals surface area contributed by atoms with Gasteiger partial charge in [-0.15, -0.1) is 0 Å². The second-order valence-electron chi connectivity index (χ2n) is 5.76. The summed E-state index contributed by atoms with van der Waals surface area (Å²) >= 11 is 6.06. The molecule has 0 aliphatic carbocycles. The van der Waals surface area contributed by atoms with Crippen molar-refractivity contribution in [2.45, 2.75) is 26.9 Å². The highest BCUT2D eigenvalue weighted by Crippen LogP contribution is 2.31. The Morgan fingerprint density at radius 3 is 2.57 bits per heavy atom. The molecule has 6 nitrogen and oxygen atoms in total. The number of primary amides is 1. The third kappa shape index (κ3) is 3.10. The Morgan fingerprint density at radius 2 is 2.10 bits per heavy atom. The molecule has 2 N–H and O–H groups in total. The number of amides is 2. The van der Waals surface area contributed by atoms with Gasteiger partial charge in [-0.25, -0.2) is 4.98 Å². The zero-order valence-corrected chi connectivity index (χ0v) is 13.0. The van der Waals surface area contributed by atoms with Crippen LogP contribution in [-0.2, 0) is 4.79 Å². The number of pyridine rings is 1.